The van der Waals surface area contributed by atoms with E-state index >= 15 is 0 Å². The van der Waals surface area contributed by atoms with E-state index in [-0.39, 0.29) is 0 Å². The first-order valence-electron chi connectivity index (χ1n) is 7.10. The molecule has 2 aromatic rings. The highest BCUT2D eigenvalue weighted by Gasteiger charge is 2.08. The molecule has 3 nitrogen and oxygen atoms in total. The minimum atomic E-state index is 0.640. The molecule has 0 amide bonds. The van der Waals surface area contributed by atoms with Crippen LogP contribution in [0.3, 0.4) is 0 Å². The summed E-state index contributed by atoms with van der Waals surface area (Å²) in [6.07, 6.45) is 1.63. The Morgan fingerprint density at radius 1 is 0.900 bits per heavy atom. The van der Waals surface area contributed by atoms with Crippen LogP contribution in [0, 0.1) is 27.7 Å². The molecule has 106 valence electrons. The van der Waals surface area contributed by atoms with E-state index in [1.807, 2.05) is 13.8 Å². The van der Waals surface area contributed by atoms with E-state index < -0.39 is 0 Å². The number of aryl methyl sites for hydroxylation is 4. The predicted molar refractivity (Wildman–Crippen MR) is 83.0 cm³/mol. The summed E-state index contributed by atoms with van der Waals surface area (Å²) >= 11 is 0. The zero-order valence-corrected chi connectivity index (χ0v) is 12.8. The fraction of sp³-hybridized carbons (Fsp3) is 0.412. The first-order chi connectivity index (χ1) is 9.49. The second-order valence-corrected chi connectivity index (χ2v) is 5.50. The first-order valence-corrected chi connectivity index (χ1v) is 7.10. The average molecular weight is 269 g/mol. The smallest absolute Gasteiger partial charge is 0.133 e. The van der Waals surface area contributed by atoms with Gasteiger partial charge in [0.15, 0.2) is 0 Å². The minimum Gasteiger partial charge on any atom is -0.330 e. The van der Waals surface area contributed by atoms with Crippen molar-refractivity contribution in [3.8, 4) is 0 Å². The molecule has 0 fully saturated rings. The van der Waals surface area contributed by atoms with Gasteiger partial charge in [-0.2, -0.15) is 0 Å². The highest BCUT2D eigenvalue weighted by Crippen LogP contribution is 2.15. The summed E-state index contributed by atoms with van der Waals surface area (Å²) in [5, 5.41) is 0. The number of nitrogens with two attached hydrogens (primary N) is 1. The molecular weight excluding hydrogens is 246 g/mol. The van der Waals surface area contributed by atoms with Crippen molar-refractivity contribution in [1.29, 1.82) is 0 Å². The highest BCUT2D eigenvalue weighted by molar-refractivity contribution is 5.31. The number of hydrogen-bond acceptors (Lipinski definition) is 3. The van der Waals surface area contributed by atoms with Crippen LogP contribution in [-0.2, 0) is 12.8 Å². The van der Waals surface area contributed by atoms with Crippen molar-refractivity contribution in [1.82, 2.24) is 9.97 Å². The van der Waals surface area contributed by atoms with Crippen LogP contribution >= 0.6 is 0 Å². The molecule has 3 heteroatoms. The lowest BCUT2D eigenvalue weighted by Gasteiger charge is -2.10. The van der Waals surface area contributed by atoms with E-state index in [1.54, 1.807) is 0 Å². The molecule has 0 bridgehead atoms. The molecule has 0 unspecified atom stereocenters. The predicted octanol–water partition coefficient (Wildman–Crippen LogP) is 2.80. The van der Waals surface area contributed by atoms with E-state index in [4.69, 9.17) is 5.73 Å². The topological polar surface area (TPSA) is 51.8 Å². The molecule has 0 saturated heterocycles. The monoisotopic (exact) mass is 269 g/mol. The molecule has 1 heterocycles. The van der Waals surface area contributed by atoms with Crippen LogP contribution in [0.25, 0.3) is 0 Å². The van der Waals surface area contributed by atoms with Gasteiger partial charge in [0.25, 0.3) is 0 Å². The maximum Gasteiger partial charge on any atom is 0.133 e. The molecule has 0 aliphatic carbocycles. The second kappa shape index (κ2) is 6.14. The number of hydrogen-bond donors (Lipinski definition) is 1. The molecule has 0 spiro atoms. The summed E-state index contributed by atoms with van der Waals surface area (Å²) in [6, 6.07) is 6.59. The van der Waals surface area contributed by atoms with Crippen molar-refractivity contribution in [2.45, 2.75) is 40.5 Å². The summed E-state index contributed by atoms with van der Waals surface area (Å²) in [4.78, 5) is 9.28. The summed E-state index contributed by atoms with van der Waals surface area (Å²) in [5.74, 6) is 0.894. The standard InChI is InChI=1S/C17H23N3/c1-11-7-12(2)9-15(8-11)10-17-19-13(3)16(5-6-18)14(4)20-17/h7-9H,5-6,10,18H2,1-4H3. The van der Waals surface area contributed by atoms with Gasteiger partial charge >= 0.3 is 0 Å². The zero-order valence-electron chi connectivity index (χ0n) is 12.8. The largest absolute Gasteiger partial charge is 0.330 e. The summed E-state index contributed by atoms with van der Waals surface area (Å²) in [5.41, 5.74) is 12.8. The van der Waals surface area contributed by atoms with Crippen LogP contribution in [0.5, 0.6) is 0 Å². The van der Waals surface area contributed by atoms with Crippen LogP contribution in [0.4, 0.5) is 0 Å². The minimum absolute atomic E-state index is 0.640. The molecule has 2 N–H and O–H groups in total. The van der Waals surface area contributed by atoms with Crippen molar-refractivity contribution < 1.29 is 0 Å². The van der Waals surface area contributed by atoms with Crippen molar-refractivity contribution in [2.75, 3.05) is 6.54 Å². The zero-order chi connectivity index (χ0) is 14.7. The molecule has 0 atom stereocenters. The molecular formula is C17H23N3. The first kappa shape index (κ1) is 14.7. The summed E-state index contributed by atoms with van der Waals surface area (Å²) in [6.45, 7) is 8.98. The lowest BCUT2D eigenvalue weighted by atomic mass is 10.0. The Morgan fingerprint density at radius 2 is 1.45 bits per heavy atom. The van der Waals surface area contributed by atoms with Crippen LogP contribution in [0.1, 0.15) is 39.5 Å². The SMILES string of the molecule is Cc1cc(C)cc(Cc2nc(C)c(CCN)c(C)n2)c1. The van der Waals surface area contributed by atoms with Crippen LogP contribution in [0.2, 0.25) is 0 Å². The van der Waals surface area contributed by atoms with Crippen LogP contribution < -0.4 is 5.73 Å². The molecule has 20 heavy (non-hydrogen) atoms. The van der Waals surface area contributed by atoms with Gasteiger partial charge in [-0.3, -0.25) is 0 Å². The van der Waals surface area contributed by atoms with Crippen molar-refractivity contribution in [2.24, 2.45) is 5.73 Å². The summed E-state index contributed by atoms with van der Waals surface area (Å²) < 4.78 is 0. The second-order valence-electron chi connectivity index (χ2n) is 5.50. The van der Waals surface area contributed by atoms with Crippen LogP contribution in [0.15, 0.2) is 18.2 Å². The third-order valence-corrected chi connectivity index (χ3v) is 3.51. The van der Waals surface area contributed by atoms with Gasteiger partial charge in [0.2, 0.25) is 0 Å². The van der Waals surface area contributed by atoms with Gasteiger partial charge in [-0.25, -0.2) is 9.97 Å². The number of aromatic nitrogens is 2. The number of rotatable bonds is 4. The highest BCUT2D eigenvalue weighted by atomic mass is 14.9. The molecule has 1 aromatic heterocycles. The molecule has 2 rings (SSSR count). The van der Waals surface area contributed by atoms with E-state index in [0.29, 0.717) is 6.54 Å². The lowest BCUT2D eigenvalue weighted by Crippen LogP contribution is -2.10. The van der Waals surface area contributed by atoms with Crippen molar-refractivity contribution in [3.63, 3.8) is 0 Å². The third-order valence-electron chi connectivity index (χ3n) is 3.51. The Labute approximate surface area is 121 Å². The Balaban J connectivity index is 2.30. The quantitative estimate of drug-likeness (QED) is 0.928. The van der Waals surface area contributed by atoms with Gasteiger partial charge in [-0.05, 0) is 51.8 Å². The number of nitrogens with zero attached hydrogens (tertiary/aromatic N) is 2. The van der Waals surface area contributed by atoms with Gasteiger partial charge in [0.1, 0.15) is 5.82 Å². The van der Waals surface area contributed by atoms with Crippen molar-refractivity contribution >= 4 is 0 Å². The maximum atomic E-state index is 5.64. The lowest BCUT2D eigenvalue weighted by molar-refractivity contribution is 0.850. The van der Waals surface area contributed by atoms with E-state index in [0.717, 1.165) is 30.1 Å². The van der Waals surface area contributed by atoms with Crippen LogP contribution in [-0.4, -0.2) is 16.5 Å². The Bertz CT molecular complexity index is 574. The fourth-order valence-corrected chi connectivity index (χ4v) is 2.75. The Hall–Kier alpha value is -1.74. The Kier molecular flexibility index (Phi) is 4.50. The van der Waals surface area contributed by atoms with Crippen molar-refractivity contribution in [3.05, 3.63) is 57.7 Å². The number of benzene rings is 1. The Morgan fingerprint density at radius 3 is 1.95 bits per heavy atom. The third kappa shape index (κ3) is 3.42. The van der Waals surface area contributed by atoms with Gasteiger partial charge in [0, 0.05) is 17.8 Å². The fourth-order valence-electron chi connectivity index (χ4n) is 2.75. The van der Waals surface area contributed by atoms with Gasteiger partial charge in [-0.15, -0.1) is 0 Å². The van der Waals surface area contributed by atoms with E-state index in [1.165, 1.54) is 22.3 Å². The van der Waals surface area contributed by atoms with E-state index in [2.05, 4.69) is 42.0 Å². The molecule has 0 radical (unpaired) electrons. The average Bonchev–Trinajstić information content (AvgIpc) is 2.32. The molecule has 0 aliphatic heterocycles. The van der Waals surface area contributed by atoms with E-state index in [9.17, 15) is 0 Å². The van der Waals surface area contributed by atoms with Gasteiger partial charge in [0.05, 0.1) is 0 Å². The molecule has 1 aromatic carbocycles. The molecule has 0 aliphatic rings. The normalized spacial score (nSPS) is 10.8. The van der Waals surface area contributed by atoms with Gasteiger partial charge < -0.3 is 5.73 Å². The maximum absolute atomic E-state index is 5.64. The molecule has 0 saturated carbocycles. The van der Waals surface area contributed by atoms with Gasteiger partial charge in [-0.1, -0.05) is 29.3 Å². The summed E-state index contributed by atoms with van der Waals surface area (Å²) in [7, 11) is 0.